The lowest BCUT2D eigenvalue weighted by molar-refractivity contribution is 0.0997. The van der Waals surface area contributed by atoms with Gasteiger partial charge < -0.3 is 0 Å². The van der Waals surface area contributed by atoms with Gasteiger partial charge >= 0.3 is 0 Å². The number of hydrogen-bond donors (Lipinski definition) is 0. The summed E-state index contributed by atoms with van der Waals surface area (Å²) in [5.41, 5.74) is 1.75. The highest BCUT2D eigenvalue weighted by atomic mass is 32.1. The number of Topliss-reactive ketones (excluding diaryl/α,β-unsaturated/α-hetero) is 1. The smallest absolute Gasteiger partial charge is 0.178 e. The zero-order chi connectivity index (χ0) is 9.97. The van der Waals surface area contributed by atoms with Crippen LogP contribution < -0.4 is 0 Å². The maximum Gasteiger partial charge on any atom is 0.178 e. The summed E-state index contributed by atoms with van der Waals surface area (Å²) in [6.45, 7) is 2.01. The number of carbonyl (C=O) groups is 1. The van der Waals surface area contributed by atoms with Crippen LogP contribution in [0.25, 0.3) is 0 Å². The van der Waals surface area contributed by atoms with Crippen molar-refractivity contribution < 1.29 is 4.79 Å². The molecular formula is C10H9NOS2. The van der Waals surface area contributed by atoms with Gasteiger partial charge in [-0.3, -0.25) is 9.78 Å². The van der Waals surface area contributed by atoms with Crippen molar-refractivity contribution in [1.82, 2.24) is 4.98 Å². The Balaban J connectivity index is 2.10. The van der Waals surface area contributed by atoms with Crippen molar-refractivity contribution in [3.63, 3.8) is 0 Å². The zero-order valence-corrected chi connectivity index (χ0v) is 9.32. The van der Waals surface area contributed by atoms with Gasteiger partial charge in [-0.05, 0) is 19.1 Å². The number of aryl methyl sites for hydroxylation is 1. The average Bonchev–Trinajstić information content (AvgIpc) is 2.75. The van der Waals surface area contributed by atoms with Gasteiger partial charge in [0.15, 0.2) is 5.78 Å². The van der Waals surface area contributed by atoms with Crippen LogP contribution in [0.4, 0.5) is 0 Å². The molecule has 0 N–H and O–H groups in total. The third-order valence-corrected chi connectivity index (χ3v) is 3.65. The van der Waals surface area contributed by atoms with E-state index in [2.05, 4.69) is 4.98 Å². The predicted molar refractivity (Wildman–Crippen MR) is 59.2 cm³/mol. The summed E-state index contributed by atoms with van der Waals surface area (Å²) in [5.74, 6) is 0.187. The van der Waals surface area contributed by atoms with Crippen molar-refractivity contribution in [2.24, 2.45) is 0 Å². The molecule has 0 aliphatic carbocycles. The molecule has 14 heavy (non-hydrogen) atoms. The van der Waals surface area contributed by atoms with Crippen LogP contribution in [-0.4, -0.2) is 10.8 Å². The van der Waals surface area contributed by atoms with Crippen molar-refractivity contribution in [3.8, 4) is 0 Å². The maximum atomic E-state index is 11.7. The standard InChI is InChI=1S/C10H9NOS2/c1-7-2-3-10(14-7)9(12)4-8-5-11-6-13-8/h2-3,5-6H,4H2,1H3. The van der Waals surface area contributed by atoms with E-state index in [4.69, 9.17) is 0 Å². The van der Waals surface area contributed by atoms with Gasteiger partial charge in [0.2, 0.25) is 0 Å². The summed E-state index contributed by atoms with van der Waals surface area (Å²) in [6.07, 6.45) is 2.23. The second kappa shape index (κ2) is 4.02. The maximum absolute atomic E-state index is 11.7. The molecule has 2 heterocycles. The fraction of sp³-hybridized carbons (Fsp3) is 0.200. The van der Waals surface area contributed by atoms with E-state index in [-0.39, 0.29) is 5.78 Å². The molecule has 0 aliphatic heterocycles. The Morgan fingerprint density at radius 3 is 2.93 bits per heavy atom. The van der Waals surface area contributed by atoms with Crippen molar-refractivity contribution in [1.29, 1.82) is 0 Å². The van der Waals surface area contributed by atoms with Gasteiger partial charge in [0.05, 0.1) is 10.4 Å². The summed E-state index contributed by atoms with van der Waals surface area (Å²) in [6, 6.07) is 3.87. The van der Waals surface area contributed by atoms with Gasteiger partial charge in [-0.15, -0.1) is 22.7 Å². The molecule has 0 aromatic carbocycles. The third kappa shape index (κ3) is 2.08. The third-order valence-electron chi connectivity index (χ3n) is 1.83. The summed E-state index contributed by atoms with van der Waals surface area (Å²) in [7, 11) is 0. The first kappa shape index (κ1) is 9.55. The van der Waals surface area contributed by atoms with Crippen molar-refractivity contribution >= 4 is 28.5 Å². The summed E-state index contributed by atoms with van der Waals surface area (Å²) >= 11 is 3.08. The minimum Gasteiger partial charge on any atom is -0.293 e. The number of thiazole rings is 1. The van der Waals surface area contributed by atoms with Crippen LogP contribution in [0.5, 0.6) is 0 Å². The highest BCUT2D eigenvalue weighted by Crippen LogP contribution is 2.18. The number of hydrogen-bond acceptors (Lipinski definition) is 4. The van der Waals surface area contributed by atoms with Crippen molar-refractivity contribution in [2.45, 2.75) is 13.3 Å². The van der Waals surface area contributed by atoms with Crippen LogP contribution in [0.1, 0.15) is 19.4 Å². The van der Waals surface area contributed by atoms with Gasteiger partial charge in [0.1, 0.15) is 0 Å². The molecule has 0 saturated carbocycles. The Morgan fingerprint density at radius 1 is 1.50 bits per heavy atom. The molecule has 2 aromatic rings. The van der Waals surface area contributed by atoms with Gasteiger partial charge in [-0.2, -0.15) is 0 Å². The molecular weight excluding hydrogens is 214 g/mol. The molecule has 2 rings (SSSR count). The van der Waals surface area contributed by atoms with Crippen molar-refractivity contribution in [3.05, 3.63) is 38.5 Å². The normalized spacial score (nSPS) is 10.4. The molecule has 72 valence electrons. The highest BCUT2D eigenvalue weighted by molar-refractivity contribution is 7.14. The number of rotatable bonds is 3. The van der Waals surface area contributed by atoms with Crippen LogP contribution >= 0.6 is 22.7 Å². The lowest BCUT2D eigenvalue weighted by Gasteiger charge is -1.92. The Bertz CT molecular complexity index is 431. The van der Waals surface area contributed by atoms with Gasteiger partial charge in [-0.25, -0.2) is 0 Å². The minimum absolute atomic E-state index is 0.187. The number of thiophene rings is 1. The van der Waals surface area contributed by atoms with Crippen LogP contribution in [0.15, 0.2) is 23.8 Å². The second-order valence-corrected chi connectivity index (χ2v) is 5.24. The first-order valence-electron chi connectivity index (χ1n) is 4.23. The molecule has 2 aromatic heterocycles. The van der Waals surface area contributed by atoms with Crippen molar-refractivity contribution in [2.75, 3.05) is 0 Å². The Labute approximate surface area is 90.2 Å². The molecule has 2 nitrogen and oxygen atoms in total. The highest BCUT2D eigenvalue weighted by Gasteiger charge is 2.09. The number of carbonyl (C=O) groups excluding carboxylic acids is 1. The summed E-state index contributed by atoms with van der Waals surface area (Å²) < 4.78 is 0. The summed E-state index contributed by atoms with van der Waals surface area (Å²) in [5, 5.41) is 0. The molecule has 0 saturated heterocycles. The lowest BCUT2D eigenvalue weighted by Crippen LogP contribution is -1.98. The fourth-order valence-corrected chi connectivity index (χ4v) is 2.56. The Hall–Kier alpha value is -1.00. The molecule has 0 aliphatic rings. The SMILES string of the molecule is Cc1ccc(C(=O)Cc2cncs2)s1. The molecule has 4 heteroatoms. The number of nitrogens with zero attached hydrogens (tertiary/aromatic N) is 1. The second-order valence-electron chi connectivity index (χ2n) is 2.98. The van der Waals surface area contributed by atoms with Gasteiger partial charge in [0.25, 0.3) is 0 Å². The number of aromatic nitrogens is 1. The molecule has 0 unspecified atom stereocenters. The average molecular weight is 223 g/mol. The van der Waals surface area contributed by atoms with Crippen LogP contribution in [0, 0.1) is 6.92 Å². The quantitative estimate of drug-likeness (QED) is 0.749. The number of ketones is 1. The monoisotopic (exact) mass is 223 g/mol. The first-order chi connectivity index (χ1) is 6.75. The molecule has 0 spiro atoms. The van der Waals surface area contributed by atoms with E-state index in [9.17, 15) is 4.79 Å². The van der Waals surface area contributed by atoms with Crippen LogP contribution in [0.2, 0.25) is 0 Å². The van der Waals surface area contributed by atoms with E-state index >= 15 is 0 Å². The minimum atomic E-state index is 0.187. The van der Waals surface area contributed by atoms with E-state index in [1.54, 1.807) is 23.0 Å². The topological polar surface area (TPSA) is 30.0 Å². The summed E-state index contributed by atoms with van der Waals surface area (Å²) in [4.78, 5) is 18.7. The molecule has 0 bridgehead atoms. The van der Waals surface area contributed by atoms with Gasteiger partial charge in [-0.1, -0.05) is 0 Å². The lowest BCUT2D eigenvalue weighted by atomic mass is 10.2. The van der Waals surface area contributed by atoms with E-state index in [1.165, 1.54) is 16.2 Å². The predicted octanol–water partition coefficient (Wildman–Crippen LogP) is 2.94. The van der Waals surface area contributed by atoms with E-state index < -0.39 is 0 Å². The molecule has 0 fully saturated rings. The van der Waals surface area contributed by atoms with E-state index in [1.807, 2.05) is 19.1 Å². The van der Waals surface area contributed by atoms with E-state index in [0.717, 1.165) is 9.75 Å². The largest absolute Gasteiger partial charge is 0.293 e. The van der Waals surface area contributed by atoms with Gasteiger partial charge in [0, 0.05) is 22.4 Å². The zero-order valence-electron chi connectivity index (χ0n) is 7.69. The van der Waals surface area contributed by atoms with E-state index in [0.29, 0.717) is 6.42 Å². The first-order valence-corrected chi connectivity index (χ1v) is 5.92. The fourth-order valence-electron chi connectivity index (χ4n) is 1.16. The molecule has 0 amide bonds. The Morgan fingerprint density at radius 2 is 2.36 bits per heavy atom. The molecule has 0 atom stereocenters. The Kier molecular flexibility index (Phi) is 2.74. The molecule has 0 radical (unpaired) electrons. The van der Waals surface area contributed by atoms with Crippen LogP contribution in [-0.2, 0) is 6.42 Å². The van der Waals surface area contributed by atoms with Crippen LogP contribution in [0.3, 0.4) is 0 Å².